The van der Waals surface area contributed by atoms with Gasteiger partial charge in [0.05, 0.1) is 11.2 Å². The first-order valence-corrected chi connectivity index (χ1v) is 7.20. The Bertz CT molecular complexity index is 692. The number of nitrogens with two attached hydrogens (primary N) is 1. The summed E-state index contributed by atoms with van der Waals surface area (Å²) < 4.78 is 0. The molecule has 1 aromatic heterocycles. The van der Waals surface area contributed by atoms with Crippen molar-refractivity contribution in [3.8, 4) is 0 Å². The van der Waals surface area contributed by atoms with E-state index < -0.39 is 0 Å². The largest absolute Gasteiger partial charge is 0.346 e. The first-order valence-electron chi connectivity index (χ1n) is 7.20. The third kappa shape index (κ3) is 2.69. The van der Waals surface area contributed by atoms with E-state index in [1.807, 2.05) is 24.3 Å². The van der Waals surface area contributed by atoms with Crippen LogP contribution in [0, 0.1) is 5.92 Å². The molecule has 0 radical (unpaired) electrons. The molecule has 1 aromatic carbocycles. The number of nitrogens with one attached hydrogen (secondary N) is 2. The summed E-state index contributed by atoms with van der Waals surface area (Å²) in [4.78, 5) is 16.9. The number of benzene rings is 1. The van der Waals surface area contributed by atoms with Gasteiger partial charge in [-0.25, -0.2) is 4.98 Å². The molecule has 0 aliphatic heterocycles. The van der Waals surface area contributed by atoms with Crippen LogP contribution in [0.25, 0.3) is 10.9 Å². The molecule has 1 fully saturated rings. The Morgan fingerprint density at radius 3 is 2.71 bits per heavy atom. The standard InChI is InChI=1S/C16H20N4O/c1-16(2,10-7-8-10)19-15(21)14-9-13(20-17)11-5-3-4-6-12(11)18-14/h3-6,9-10H,7-8,17H2,1-2H3,(H,18,20)(H,19,21). The van der Waals surface area contributed by atoms with Crippen molar-refractivity contribution in [3.05, 3.63) is 36.0 Å². The van der Waals surface area contributed by atoms with Crippen LogP contribution in [0.3, 0.4) is 0 Å². The molecule has 2 aromatic rings. The molecule has 1 heterocycles. The molecule has 1 amide bonds. The van der Waals surface area contributed by atoms with E-state index >= 15 is 0 Å². The Hall–Kier alpha value is -2.14. The lowest BCUT2D eigenvalue weighted by atomic mass is 9.98. The molecule has 0 atom stereocenters. The van der Waals surface area contributed by atoms with Gasteiger partial charge in [0.15, 0.2) is 0 Å². The molecule has 21 heavy (non-hydrogen) atoms. The Balaban J connectivity index is 1.94. The van der Waals surface area contributed by atoms with Gasteiger partial charge in [-0.2, -0.15) is 0 Å². The van der Waals surface area contributed by atoms with E-state index in [1.165, 1.54) is 12.8 Å². The number of hydrogen-bond acceptors (Lipinski definition) is 4. The molecule has 0 unspecified atom stereocenters. The van der Waals surface area contributed by atoms with Gasteiger partial charge in [-0.1, -0.05) is 18.2 Å². The third-order valence-electron chi connectivity index (χ3n) is 4.14. The smallest absolute Gasteiger partial charge is 0.270 e. The second kappa shape index (κ2) is 5.00. The van der Waals surface area contributed by atoms with Crippen molar-refractivity contribution in [2.75, 3.05) is 5.43 Å². The van der Waals surface area contributed by atoms with Crippen LogP contribution in [-0.4, -0.2) is 16.4 Å². The zero-order chi connectivity index (χ0) is 15.0. The molecule has 0 spiro atoms. The van der Waals surface area contributed by atoms with E-state index in [-0.39, 0.29) is 11.4 Å². The number of aromatic nitrogens is 1. The summed E-state index contributed by atoms with van der Waals surface area (Å²) in [6.45, 7) is 4.12. The zero-order valence-electron chi connectivity index (χ0n) is 12.3. The minimum Gasteiger partial charge on any atom is -0.346 e. The van der Waals surface area contributed by atoms with Crippen molar-refractivity contribution < 1.29 is 4.79 Å². The van der Waals surface area contributed by atoms with Gasteiger partial charge < -0.3 is 10.7 Å². The second-order valence-corrected chi connectivity index (χ2v) is 6.17. The SMILES string of the molecule is CC(C)(NC(=O)c1cc(NN)c2ccccc2n1)C1CC1. The van der Waals surface area contributed by atoms with Gasteiger partial charge in [0.25, 0.3) is 5.91 Å². The zero-order valence-corrected chi connectivity index (χ0v) is 12.3. The monoisotopic (exact) mass is 284 g/mol. The number of para-hydroxylation sites is 1. The van der Waals surface area contributed by atoms with E-state index in [4.69, 9.17) is 5.84 Å². The topological polar surface area (TPSA) is 80.0 Å². The number of amides is 1. The van der Waals surface area contributed by atoms with Crippen molar-refractivity contribution in [3.63, 3.8) is 0 Å². The molecular weight excluding hydrogens is 264 g/mol. The quantitative estimate of drug-likeness (QED) is 0.595. The molecule has 3 rings (SSSR count). The maximum Gasteiger partial charge on any atom is 0.270 e. The maximum atomic E-state index is 12.5. The first-order chi connectivity index (χ1) is 10.0. The van der Waals surface area contributed by atoms with E-state index in [1.54, 1.807) is 6.07 Å². The summed E-state index contributed by atoms with van der Waals surface area (Å²) in [6.07, 6.45) is 2.35. The summed E-state index contributed by atoms with van der Waals surface area (Å²) in [5.74, 6) is 5.97. The Morgan fingerprint density at radius 2 is 2.05 bits per heavy atom. The van der Waals surface area contributed by atoms with Crippen LogP contribution in [0.15, 0.2) is 30.3 Å². The summed E-state index contributed by atoms with van der Waals surface area (Å²) in [6, 6.07) is 9.30. The number of nitrogens with zero attached hydrogens (tertiary/aromatic N) is 1. The number of carbonyl (C=O) groups excluding carboxylic acids is 1. The first kappa shape index (κ1) is 13.8. The maximum absolute atomic E-state index is 12.5. The molecular formula is C16H20N4O. The van der Waals surface area contributed by atoms with Gasteiger partial charge in [-0.3, -0.25) is 10.6 Å². The van der Waals surface area contributed by atoms with Gasteiger partial charge >= 0.3 is 0 Å². The minimum absolute atomic E-state index is 0.158. The van der Waals surface area contributed by atoms with E-state index in [0.717, 1.165) is 10.9 Å². The highest BCUT2D eigenvalue weighted by Gasteiger charge is 2.39. The van der Waals surface area contributed by atoms with Gasteiger partial charge in [-0.05, 0) is 44.7 Å². The fourth-order valence-corrected chi connectivity index (χ4v) is 2.67. The fraction of sp³-hybridized carbons (Fsp3) is 0.375. The fourth-order valence-electron chi connectivity index (χ4n) is 2.67. The lowest BCUT2D eigenvalue weighted by Gasteiger charge is -2.26. The predicted molar refractivity (Wildman–Crippen MR) is 83.8 cm³/mol. The summed E-state index contributed by atoms with van der Waals surface area (Å²) >= 11 is 0. The number of pyridine rings is 1. The Labute approximate surface area is 123 Å². The number of hydrazine groups is 1. The number of anilines is 1. The van der Waals surface area contributed by atoms with Crippen molar-refractivity contribution in [1.29, 1.82) is 0 Å². The van der Waals surface area contributed by atoms with Crippen molar-refractivity contribution in [1.82, 2.24) is 10.3 Å². The highest BCUT2D eigenvalue weighted by molar-refractivity contribution is 5.99. The van der Waals surface area contributed by atoms with E-state index in [0.29, 0.717) is 17.3 Å². The Kier molecular flexibility index (Phi) is 3.29. The number of carbonyl (C=O) groups is 1. The molecule has 5 heteroatoms. The minimum atomic E-state index is -0.194. The van der Waals surface area contributed by atoms with E-state index in [2.05, 4.69) is 29.6 Å². The second-order valence-electron chi connectivity index (χ2n) is 6.17. The average molecular weight is 284 g/mol. The van der Waals surface area contributed by atoms with Crippen LogP contribution >= 0.6 is 0 Å². The Morgan fingerprint density at radius 1 is 1.33 bits per heavy atom. The summed E-state index contributed by atoms with van der Waals surface area (Å²) in [7, 11) is 0. The van der Waals surface area contributed by atoms with Crippen LogP contribution in [0.4, 0.5) is 5.69 Å². The molecule has 1 aliphatic carbocycles. The van der Waals surface area contributed by atoms with E-state index in [9.17, 15) is 4.79 Å². The van der Waals surface area contributed by atoms with Crippen molar-refractivity contribution >= 4 is 22.5 Å². The highest BCUT2D eigenvalue weighted by atomic mass is 16.2. The summed E-state index contributed by atoms with van der Waals surface area (Å²) in [5, 5.41) is 3.98. The van der Waals surface area contributed by atoms with Crippen LogP contribution in [-0.2, 0) is 0 Å². The normalized spacial score (nSPS) is 15.0. The van der Waals surface area contributed by atoms with Crippen LogP contribution < -0.4 is 16.6 Å². The number of hydrogen-bond donors (Lipinski definition) is 3. The molecule has 0 saturated heterocycles. The van der Waals surface area contributed by atoms with Crippen molar-refractivity contribution in [2.24, 2.45) is 11.8 Å². The molecule has 5 nitrogen and oxygen atoms in total. The lowest BCUT2D eigenvalue weighted by Crippen LogP contribution is -2.45. The van der Waals surface area contributed by atoms with Crippen LogP contribution in [0.5, 0.6) is 0 Å². The number of nitrogen functional groups attached to an aromatic ring is 1. The summed E-state index contributed by atoms with van der Waals surface area (Å²) in [5.41, 5.74) is 4.29. The van der Waals surface area contributed by atoms with Gasteiger partial charge in [0.2, 0.25) is 0 Å². The lowest BCUT2D eigenvalue weighted by molar-refractivity contribution is 0.0898. The molecule has 4 N–H and O–H groups in total. The molecule has 1 saturated carbocycles. The predicted octanol–water partition coefficient (Wildman–Crippen LogP) is 2.44. The molecule has 0 bridgehead atoms. The third-order valence-corrected chi connectivity index (χ3v) is 4.14. The van der Waals surface area contributed by atoms with Gasteiger partial charge in [0.1, 0.15) is 5.69 Å². The number of rotatable bonds is 4. The highest BCUT2D eigenvalue weighted by Crippen LogP contribution is 2.39. The molecule has 1 aliphatic rings. The van der Waals surface area contributed by atoms with Gasteiger partial charge in [-0.15, -0.1) is 0 Å². The molecule has 110 valence electrons. The van der Waals surface area contributed by atoms with Gasteiger partial charge in [0, 0.05) is 10.9 Å². The van der Waals surface area contributed by atoms with Crippen LogP contribution in [0.2, 0.25) is 0 Å². The van der Waals surface area contributed by atoms with Crippen molar-refractivity contribution in [2.45, 2.75) is 32.2 Å². The average Bonchev–Trinajstić information content (AvgIpc) is 3.30. The number of fused-ring (bicyclic) bond motifs is 1. The van der Waals surface area contributed by atoms with Crippen LogP contribution in [0.1, 0.15) is 37.2 Å².